The first-order chi connectivity index (χ1) is 16.0. The zero-order chi connectivity index (χ0) is 22.9. The maximum absolute atomic E-state index is 12.3. The van der Waals surface area contributed by atoms with E-state index in [1.165, 1.54) is 0 Å². The first-order valence-electron chi connectivity index (χ1n) is 11.5. The van der Waals surface area contributed by atoms with E-state index < -0.39 is 12.3 Å². The number of rotatable bonds is 5. The van der Waals surface area contributed by atoms with Crippen LogP contribution in [0.25, 0.3) is 11.2 Å². The van der Waals surface area contributed by atoms with E-state index in [4.69, 9.17) is 15.2 Å². The summed E-state index contributed by atoms with van der Waals surface area (Å²) in [6.45, 7) is 1.54. The van der Waals surface area contributed by atoms with Gasteiger partial charge in [0, 0.05) is 38.8 Å². The Labute approximate surface area is 190 Å². The predicted molar refractivity (Wildman–Crippen MR) is 116 cm³/mol. The van der Waals surface area contributed by atoms with Gasteiger partial charge in [-0.25, -0.2) is 19.7 Å². The fraction of sp³-hybridized carbons (Fsp3) is 0.667. The van der Waals surface area contributed by atoms with Crippen molar-refractivity contribution in [2.24, 2.45) is 5.92 Å². The number of fused-ring (bicyclic) bond motifs is 1. The van der Waals surface area contributed by atoms with Crippen LogP contribution in [0.5, 0.6) is 0 Å². The summed E-state index contributed by atoms with van der Waals surface area (Å²) in [5.74, 6) is 1.35. The molecule has 5 heterocycles. The molecule has 2 aromatic heterocycles. The molecule has 0 bridgehead atoms. The largest absolute Gasteiger partial charge is 0.425 e. The number of piperidine rings is 1. The number of hydrogen-bond donors (Lipinski definition) is 3. The molecule has 33 heavy (non-hydrogen) atoms. The van der Waals surface area contributed by atoms with Gasteiger partial charge < -0.3 is 30.5 Å². The SMILES string of the molecule is Nc1nc(CCC2CCN(C(=O)OC3CCC(=O)N3)CC2)nc2c1ncn2[C@H]1CC(O)CO1. The number of aromatic nitrogens is 4. The van der Waals surface area contributed by atoms with Crippen LogP contribution in [-0.4, -0.2) is 73.6 Å². The molecule has 3 aliphatic heterocycles. The summed E-state index contributed by atoms with van der Waals surface area (Å²) < 4.78 is 12.8. The molecule has 178 valence electrons. The fourth-order valence-corrected chi connectivity index (χ4v) is 4.70. The highest BCUT2D eigenvalue weighted by atomic mass is 16.6. The van der Waals surface area contributed by atoms with Gasteiger partial charge in [-0.05, 0) is 25.2 Å². The Morgan fingerprint density at radius 3 is 2.82 bits per heavy atom. The summed E-state index contributed by atoms with van der Waals surface area (Å²) >= 11 is 0. The molecule has 3 atom stereocenters. The van der Waals surface area contributed by atoms with E-state index in [0.29, 0.717) is 74.1 Å². The average Bonchev–Trinajstić information content (AvgIpc) is 3.52. The molecule has 12 nitrogen and oxygen atoms in total. The normalized spacial score (nSPS) is 26.2. The molecule has 2 unspecified atom stereocenters. The Morgan fingerprint density at radius 1 is 1.30 bits per heavy atom. The molecule has 4 N–H and O–H groups in total. The fourth-order valence-electron chi connectivity index (χ4n) is 4.70. The number of amides is 2. The van der Waals surface area contributed by atoms with Crippen molar-refractivity contribution in [3.05, 3.63) is 12.2 Å². The highest BCUT2D eigenvalue weighted by Gasteiger charge is 2.30. The molecule has 12 heteroatoms. The molecule has 0 radical (unpaired) electrons. The Hall–Kier alpha value is -2.99. The average molecular weight is 460 g/mol. The molecule has 0 spiro atoms. The Morgan fingerprint density at radius 2 is 2.12 bits per heavy atom. The van der Waals surface area contributed by atoms with Gasteiger partial charge in [-0.1, -0.05) is 0 Å². The van der Waals surface area contributed by atoms with E-state index >= 15 is 0 Å². The number of nitrogens with zero attached hydrogens (tertiary/aromatic N) is 5. The van der Waals surface area contributed by atoms with Gasteiger partial charge in [-0.2, -0.15) is 0 Å². The van der Waals surface area contributed by atoms with E-state index in [1.54, 1.807) is 11.2 Å². The van der Waals surface area contributed by atoms with Crippen molar-refractivity contribution < 1.29 is 24.2 Å². The maximum Gasteiger partial charge on any atom is 0.411 e. The number of carbonyl (C=O) groups excluding carboxylic acids is 2. The van der Waals surface area contributed by atoms with Gasteiger partial charge in [-0.15, -0.1) is 0 Å². The molecule has 0 aliphatic carbocycles. The second-order valence-corrected chi connectivity index (χ2v) is 8.97. The molecule has 0 saturated carbocycles. The van der Waals surface area contributed by atoms with Crippen molar-refractivity contribution in [3.8, 4) is 0 Å². The van der Waals surface area contributed by atoms with E-state index in [2.05, 4.69) is 20.3 Å². The van der Waals surface area contributed by atoms with Crippen molar-refractivity contribution in [2.75, 3.05) is 25.4 Å². The van der Waals surface area contributed by atoms with Crippen LogP contribution in [0.3, 0.4) is 0 Å². The third-order valence-corrected chi connectivity index (χ3v) is 6.61. The van der Waals surface area contributed by atoms with Crippen LogP contribution in [0.4, 0.5) is 10.6 Å². The molecule has 0 aromatic carbocycles. The van der Waals surface area contributed by atoms with Crippen molar-refractivity contribution in [1.29, 1.82) is 0 Å². The van der Waals surface area contributed by atoms with Crippen LogP contribution < -0.4 is 11.1 Å². The van der Waals surface area contributed by atoms with Crippen LogP contribution in [0, 0.1) is 5.92 Å². The molecule has 2 aromatic rings. The van der Waals surface area contributed by atoms with Gasteiger partial charge in [0.25, 0.3) is 0 Å². The van der Waals surface area contributed by atoms with Gasteiger partial charge in [-0.3, -0.25) is 9.36 Å². The number of likely N-dealkylation sites (tertiary alicyclic amines) is 1. The first-order valence-corrected chi connectivity index (χ1v) is 11.5. The van der Waals surface area contributed by atoms with Gasteiger partial charge in [0.1, 0.15) is 17.6 Å². The van der Waals surface area contributed by atoms with Crippen LogP contribution in [-0.2, 0) is 20.7 Å². The van der Waals surface area contributed by atoms with Crippen molar-refractivity contribution >= 4 is 29.0 Å². The van der Waals surface area contributed by atoms with Crippen molar-refractivity contribution in [2.45, 2.75) is 63.5 Å². The third-order valence-electron chi connectivity index (χ3n) is 6.61. The number of anilines is 1. The van der Waals surface area contributed by atoms with E-state index in [-0.39, 0.29) is 18.2 Å². The van der Waals surface area contributed by atoms with Gasteiger partial charge >= 0.3 is 6.09 Å². The summed E-state index contributed by atoms with van der Waals surface area (Å²) in [6, 6.07) is 0. The molecular weight excluding hydrogens is 430 g/mol. The van der Waals surface area contributed by atoms with Gasteiger partial charge in [0.2, 0.25) is 5.91 Å². The maximum atomic E-state index is 12.3. The zero-order valence-corrected chi connectivity index (χ0v) is 18.4. The zero-order valence-electron chi connectivity index (χ0n) is 18.4. The third kappa shape index (κ3) is 4.71. The molecule has 3 aliphatic rings. The van der Waals surface area contributed by atoms with Crippen LogP contribution in [0.15, 0.2) is 6.33 Å². The Balaban J connectivity index is 1.15. The number of nitrogens with two attached hydrogens (primary N) is 1. The van der Waals surface area contributed by atoms with Crippen molar-refractivity contribution in [1.82, 2.24) is 29.7 Å². The lowest BCUT2D eigenvalue weighted by molar-refractivity contribution is -0.120. The summed E-state index contributed by atoms with van der Waals surface area (Å²) in [7, 11) is 0. The number of nitrogen functional groups attached to an aromatic ring is 1. The lowest BCUT2D eigenvalue weighted by Gasteiger charge is -2.32. The van der Waals surface area contributed by atoms with Crippen LogP contribution in [0.1, 0.15) is 50.6 Å². The molecular formula is C21H29N7O5. The number of aliphatic hydroxyl groups is 1. The summed E-state index contributed by atoms with van der Waals surface area (Å²) in [5, 5.41) is 12.4. The van der Waals surface area contributed by atoms with Gasteiger partial charge in [0.15, 0.2) is 17.7 Å². The summed E-state index contributed by atoms with van der Waals surface area (Å²) in [4.78, 5) is 38.7. The highest BCUT2D eigenvalue weighted by molar-refractivity contribution is 5.81. The molecule has 5 rings (SSSR count). The number of carbonyl (C=O) groups is 2. The number of ether oxygens (including phenoxy) is 2. The lowest BCUT2D eigenvalue weighted by atomic mass is 9.92. The number of nitrogens with one attached hydrogen (secondary N) is 1. The number of imidazole rings is 1. The monoisotopic (exact) mass is 459 g/mol. The summed E-state index contributed by atoms with van der Waals surface area (Å²) in [6.07, 6.45) is 4.66. The first kappa shape index (κ1) is 21.8. The Bertz CT molecular complexity index is 1040. The molecule has 3 saturated heterocycles. The lowest BCUT2D eigenvalue weighted by Crippen LogP contribution is -2.42. The van der Waals surface area contributed by atoms with Crippen LogP contribution >= 0.6 is 0 Å². The van der Waals surface area contributed by atoms with Gasteiger partial charge in [0.05, 0.1) is 19.0 Å². The topological polar surface area (TPSA) is 158 Å². The second-order valence-electron chi connectivity index (χ2n) is 8.97. The number of aliphatic hydroxyl groups excluding tert-OH is 1. The summed E-state index contributed by atoms with van der Waals surface area (Å²) in [5.41, 5.74) is 7.29. The number of aryl methyl sites for hydroxylation is 1. The minimum atomic E-state index is -0.508. The molecule has 3 fully saturated rings. The minimum absolute atomic E-state index is 0.0797. The highest BCUT2D eigenvalue weighted by Crippen LogP contribution is 2.28. The number of hydrogen-bond acceptors (Lipinski definition) is 9. The Kier molecular flexibility index (Phi) is 6.02. The van der Waals surface area contributed by atoms with E-state index in [1.807, 2.05) is 4.57 Å². The van der Waals surface area contributed by atoms with E-state index in [9.17, 15) is 14.7 Å². The molecule has 2 amide bonds. The second kappa shape index (κ2) is 9.10. The smallest absolute Gasteiger partial charge is 0.411 e. The minimum Gasteiger partial charge on any atom is -0.425 e. The van der Waals surface area contributed by atoms with Crippen molar-refractivity contribution in [3.63, 3.8) is 0 Å². The van der Waals surface area contributed by atoms with E-state index in [0.717, 1.165) is 19.3 Å². The quantitative estimate of drug-likeness (QED) is 0.585. The van der Waals surface area contributed by atoms with Crippen LogP contribution in [0.2, 0.25) is 0 Å². The standard InChI is InChI=1S/C21H29N7O5/c22-19-18-20(28(11-23-18)17-9-13(29)10-32-17)25-14(24-19)2-1-12-5-7-27(8-6-12)21(31)33-16-4-3-15(30)26-16/h11-13,16-17,29H,1-10H2,(H,26,30)(H2,22,24,25)/t13?,16?,17-/m1/s1. The predicted octanol–water partition coefficient (Wildman–Crippen LogP) is 0.706.